The zero-order valence-electron chi connectivity index (χ0n) is 28.3. The van der Waals surface area contributed by atoms with Gasteiger partial charge in [0.15, 0.2) is 0 Å². The first-order chi connectivity index (χ1) is 22.3. The first-order valence-corrected chi connectivity index (χ1v) is 21.3. The third-order valence-corrected chi connectivity index (χ3v) is 24.0. The highest BCUT2D eigenvalue weighted by Gasteiger charge is 2.81. The molecular formula is C46H56. The average Bonchev–Trinajstić information content (AvgIpc) is 3.10. The molecule has 0 nitrogen and oxygen atoms in total. The maximum absolute atomic E-state index is 6.30. The van der Waals surface area contributed by atoms with Crippen molar-refractivity contribution in [2.45, 2.75) is 116 Å². The van der Waals surface area contributed by atoms with Crippen molar-refractivity contribution < 1.29 is 0 Å². The van der Waals surface area contributed by atoms with Gasteiger partial charge >= 0.3 is 0 Å². The smallest absolute Gasteiger partial charge is 0.0320 e. The Hall–Kier alpha value is -0.880. The van der Waals surface area contributed by atoms with Crippen LogP contribution in [0.3, 0.4) is 0 Å². The van der Waals surface area contributed by atoms with Crippen molar-refractivity contribution in [3.63, 3.8) is 0 Å². The first kappa shape index (κ1) is 25.1. The summed E-state index contributed by atoms with van der Waals surface area (Å²) in [5, 5.41) is 0. The van der Waals surface area contributed by atoms with Gasteiger partial charge in [-0.1, -0.05) is 11.8 Å². The molecule has 46 heavy (non-hydrogen) atoms. The zero-order chi connectivity index (χ0) is 29.5. The summed E-state index contributed by atoms with van der Waals surface area (Å²) in [6.45, 7) is 0. The van der Waals surface area contributed by atoms with Gasteiger partial charge in [-0.2, -0.15) is 0 Å². The van der Waals surface area contributed by atoms with E-state index in [0.29, 0.717) is 10.8 Å². The van der Waals surface area contributed by atoms with E-state index in [2.05, 4.69) is 11.8 Å². The van der Waals surface area contributed by atoms with Gasteiger partial charge in [-0.15, -0.1) is 12.8 Å². The molecule has 240 valence electrons. The fourth-order valence-electron chi connectivity index (χ4n) is 23.7. The van der Waals surface area contributed by atoms with E-state index in [1.165, 1.54) is 38.5 Å². The summed E-state index contributed by atoms with van der Waals surface area (Å²) in [5.74, 6) is 26.4. The molecule has 0 aromatic heterocycles. The predicted molar refractivity (Wildman–Crippen MR) is 178 cm³/mol. The normalized spacial score (nSPS) is 76.9. The molecule has 0 aliphatic heterocycles. The monoisotopic (exact) mass is 608 g/mol. The highest BCUT2D eigenvalue weighted by atomic mass is 14.9. The molecule has 21 aliphatic carbocycles. The molecule has 24 bridgehead atoms. The van der Waals surface area contributed by atoms with Crippen molar-refractivity contribution in [3.05, 3.63) is 0 Å². The second-order valence-corrected chi connectivity index (χ2v) is 23.6. The molecule has 0 spiro atoms. The van der Waals surface area contributed by atoms with E-state index in [9.17, 15) is 0 Å². The molecule has 0 atom stereocenters. The van der Waals surface area contributed by atoms with Gasteiger partial charge in [-0.25, -0.2) is 0 Å². The lowest BCUT2D eigenvalue weighted by atomic mass is 9.21. The Bertz CT molecular complexity index is 1310. The topological polar surface area (TPSA) is 0 Å². The molecule has 21 rings (SSSR count). The highest BCUT2D eigenvalue weighted by molar-refractivity contribution is 5.32. The summed E-state index contributed by atoms with van der Waals surface area (Å²) in [4.78, 5) is 0. The summed E-state index contributed by atoms with van der Waals surface area (Å²) < 4.78 is 0. The molecule has 0 saturated heterocycles. The highest BCUT2D eigenvalue weighted by Crippen LogP contribution is 2.89. The summed E-state index contributed by atoms with van der Waals surface area (Å²) in [5.41, 5.74) is 3.69. The van der Waals surface area contributed by atoms with Crippen LogP contribution in [0.1, 0.15) is 116 Å². The lowest BCUT2D eigenvalue weighted by Crippen LogP contribution is -2.76. The fraction of sp³-hybridized carbons (Fsp3) is 0.913. The molecule has 0 N–H and O–H groups in total. The quantitative estimate of drug-likeness (QED) is 0.274. The van der Waals surface area contributed by atoms with Gasteiger partial charge in [0, 0.05) is 10.8 Å². The molecule has 0 aromatic rings. The first-order valence-electron chi connectivity index (χ1n) is 21.3. The van der Waals surface area contributed by atoms with E-state index in [0.717, 1.165) is 128 Å². The average molecular weight is 609 g/mol. The van der Waals surface area contributed by atoms with Crippen molar-refractivity contribution >= 4 is 0 Å². The van der Waals surface area contributed by atoms with E-state index in [4.69, 9.17) is 12.8 Å². The minimum atomic E-state index is 0.329. The van der Waals surface area contributed by atoms with E-state index in [1.54, 1.807) is 77.0 Å². The van der Waals surface area contributed by atoms with Crippen LogP contribution in [0.15, 0.2) is 0 Å². The lowest BCUT2D eigenvalue weighted by molar-refractivity contribution is -0.350. The summed E-state index contributed by atoms with van der Waals surface area (Å²) in [7, 11) is 0. The minimum Gasteiger partial charge on any atom is -0.120 e. The number of hydrogen-bond donors (Lipinski definition) is 0. The summed E-state index contributed by atoms with van der Waals surface area (Å²) >= 11 is 0. The largest absolute Gasteiger partial charge is 0.120 e. The van der Waals surface area contributed by atoms with Gasteiger partial charge in [0.25, 0.3) is 0 Å². The van der Waals surface area contributed by atoms with Gasteiger partial charge in [0.05, 0.1) is 0 Å². The van der Waals surface area contributed by atoms with Crippen LogP contribution in [-0.4, -0.2) is 0 Å². The van der Waals surface area contributed by atoms with Crippen molar-refractivity contribution in [2.75, 3.05) is 0 Å². The number of hydrogen-bond acceptors (Lipinski definition) is 0. The van der Waals surface area contributed by atoms with Crippen LogP contribution in [0.2, 0.25) is 0 Å². The number of terminal acetylenes is 2. The third-order valence-electron chi connectivity index (χ3n) is 24.0. The SMILES string of the molecule is C#CC12CC3C4CC5(C67CC8C9CC%10(C%11%12CC%13C%14CC%15(C#C)CC%13C(C%11)C(C%15)C%14C%12)CC8C(C6)C(C%10)C9C7)CC3C(C1)C(C5)C4C2. The second kappa shape index (κ2) is 6.89. The zero-order valence-corrected chi connectivity index (χ0v) is 28.3. The summed E-state index contributed by atoms with van der Waals surface area (Å²) in [6.07, 6.45) is 41.4. The minimum absolute atomic E-state index is 0.329. The Morgan fingerprint density at radius 2 is 0.370 bits per heavy atom. The Kier molecular flexibility index (Phi) is 3.76. The molecule has 0 unspecified atom stereocenters. The van der Waals surface area contributed by atoms with Gasteiger partial charge in [-0.3, -0.25) is 0 Å². The molecule has 0 aromatic carbocycles. The second-order valence-electron chi connectivity index (χ2n) is 23.6. The van der Waals surface area contributed by atoms with Gasteiger partial charge in [0.1, 0.15) is 0 Å². The van der Waals surface area contributed by atoms with E-state index in [-0.39, 0.29) is 0 Å². The van der Waals surface area contributed by atoms with E-state index < -0.39 is 0 Å². The Morgan fingerprint density at radius 1 is 0.239 bits per heavy atom. The van der Waals surface area contributed by atoms with Crippen LogP contribution >= 0.6 is 0 Å². The molecule has 21 aliphatic rings. The van der Waals surface area contributed by atoms with Crippen LogP contribution in [0.5, 0.6) is 0 Å². The molecule has 0 amide bonds. The lowest BCUT2D eigenvalue weighted by Gasteiger charge is -2.84. The molecule has 0 heteroatoms. The van der Waals surface area contributed by atoms with Crippen LogP contribution in [0.25, 0.3) is 0 Å². The van der Waals surface area contributed by atoms with Crippen molar-refractivity contribution in [3.8, 4) is 24.7 Å². The van der Waals surface area contributed by atoms with E-state index in [1.807, 2.05) is 0 Å². The third kappa shape index (κ3) is 2.23. The Morgan fingerprint density at radius 3 is 0.500 bits per heavy atom. The standard InChI is InChI=1S/C46H56/c1-3-41-5-23-29-11-43(12-30(23)25(7-41)31(13-43)24(29)6-41)45-17-35-38-20-46(21-39(35)37(19-45)40(22-46)36(38)18-45)44-14-32-26-8-42(4-2)9-27(32)34(16-44)28(10-42)33(26)15-44/h1-2,23-40H,5-22H2. The fourth-order valence-corrected chi connectivity index (χ4v) is 23.7. The Labute approximate surface area is 278 Å². The molecule has 0 radical (unpaired) electrons. The number of rotatable bonds is 2. The molecule has 0 heterocycles. The predicted octanol–water partition coefficient (Wildman–Crippen LogP) is 9.49. The van der Waals surface area contributed by atoms with Gasteiger partial charge < -0.3 is 0 Å². The summed E-state index contributed by atoms with van der Waals surface area (Å²) in [6, 6.07) is 0. The van der Waals surface area contributed by atoms with Crippen LogP contribution in [0, 0.1) is 164 Å². The van der Waals surface area contributed by atoms with Crippen LogP contribution in [0.4, 0.5) is 0 Å². The van der Waals surface area contributed by atoms with Crippen LogP contribution in [-0.2, 0) is 0 Å². The molecule has 21 fully saturated rings. The van der Waals surface area contributed by atoms with E-state index >= 15 is 0 Å². The Balaban J connectivity index is 0.772. The van der Waals surface area contributed by atoms with Gasteiger partial charge in [0.2, 0.25) is 0 Å². The van der Waals surface area contributed by atoms with Crippen molar-refractivity contribution in [2.24, 2.45) is 139 Å². The van der Waals surface area contributed by atoms with Crippen molar-refractivity contribution in [1.82, 2.24) is 0 Å². The maximum atomic E-state index is 6.30. The molecule has 21 saturated carbocycles. The van der Waals surface area contributed by atoms with Crippen LogP contribution < -0.4 is 0 Å². The molecular weight excluding hydrogens is 553 g/mol. The van der Waals surface area contributed by atoms with Gasteiger partial charge in [-0.05, 0) is 244 Å². The maximum Gasteiger partial charge on any atom is 0.0320 e. The van der Waals surface area contributed by atoms with Crippen molar-refractivity contribution in [1.29, 1.82) is 0 Å².